The third-order valence-electron chi connectivity index (χ3n) is 2.85. The summed E-state index contributed by atoms with van der Waals surface area (Å²) in [5, 5.41) is 0. The molecule has 0 rings (SSSR count). The van der Waals surface area contributed by atoms with Gasteiger partial charge in [-0.25, -0.2) is 0 Å². The Kier molecular flexibility index (Phi) is 7.02. The van der Waals surface area contributed by atoms with Gasteiger partial charge in [0.2, 0.25) is 8.32 Å². The van der Waals surface area contributed by atoms with E-state index in [0.717, 1.165) is 18.7 Å². The molecule has 5 heteroatoms. The molecular formula is C13H30O2Si3. The zero-order valence-electron chi connectivity index (χ0n) is 13.0. The lowest BCUT2D eigenvalue weighted by molar-refractivity contribution is 0.213. The molecule has 0 aromatic heterocycles. The minimum absolute atomic E-state index is 0.869. The van der Waals surface area contributed by atoms with Gasteiger partial charge in [-0.05, 0) is 13.1 Å². The Labute approximate surface area is 116 Å². The number of hydrogen-bond acceptors (Lipinski definition) is 2. The smallest absolute Gasteiger partial charge is 0.209 e. The Morgan fingerprint density at radius 3 is 1.83 bits per heavy atom. The van der Waals surface area contributed by atoms with Gasteiger partial charge in [0.15, 0.2) is 0 Å². The highest BCUT2D eigenvalue weighted by Crippen LogP contribution is 2.12. The lowest BCUT2D eigenvalue weighted by atomic mass is 11.3. The average molecular weight is 303 g/mol. The second-order valence-corrected chi connectivity index (χ2v) is 20.4. The van der Waals surface area contributed by atoms with Crippen LogP contribution < -0.4 is 0 Å². The van der Waals surface area contributed by atoms with E-state index >= 15 is 0 Å². The van der Waals surface area contributed by atoms with Gasteiger partial charge < -0.3 is 9.16 Å². The first-order chi connectivity index (χ1) is 8.04. The van der Waals surface area contributed by atoms with E-state index in [1.807, 2.05) is 5.70 Å². The van der Waals surface area contributed by atoms with Gasteiger partial charge in [0.1, 0.15) is 16.1 Å². The quantitative estimate of drug-likeness (QED) is 0.605. The van der Waals surface area contributed by atoms with Crippen molar-refractivity contribution in [3.63, 3.8) is 0 Å². The summed E-state index contributed by atoms with van der Waals surface area (Å²) in [5.74, 6) is 0. The minimum atomic E-state index is -1.63. The summed E-state index contributed by atoms with van der Waals surface area (Å²) >= 11 is 0. The van der Waals surface area contributed by atoms with E-state index in [1.165, 1.54) is 0 Å². The van der Waals surface area contributed by atoms with Crippen LogP contribution in [-0.4, -0.2) is 43.2 Å². The van der Waals surface area contributed by atoms with Crippen molar-refractivity contribution in [2.45, 2.75) is 39.3 Å². The molecule has 2 nitrogen and oxygen atoms in total. The first-order valence-electron chi connectivity index (χ1n) is 6.52. The summed E-state index contributed by atoms with van der Waals surface area (Å²) in [7, 11) is -4.37. The van der Waals surface area contributed by atoms with Gasteiger partial charge in [-0.2, -0.15) is 0 Å². The lowest BCUT2D eigenvalue weighted by Crippen LogP contribution is -2.45. The summed E-state index contributed by atoms with van der Waals surface area (Å²) in [4.78, 5) is 0. The highest BCUT2D eigenvalue weighted by Gasteiger charge is 2.27. The Bertz CT molecular complexity index is 286. The fourth-order valence-corrected chi connectivity index (χ4v) is 5.99. The topological polar surface area (TPSA) is 18.5 Å². The molecule has 0 saturated carbocycles. The molecule has 0 aliphatic heterocycles. The monoisotopic (exact) mass is 302 g/mol. The number of ether oxygens (including phenoxy) is 1. The zero-order chi connectivity index (χ0) is 14.4. The molecule has 0 spiro atoms. The Morgan fingerprint density at radius 2 is 1.39 bits per heavy atom. The van der Waals surface area contributed by atoms with Crippen LogP contribution in [0.3, 0.4) is 0 Å². The molecule has 0 saturated heterocycles. The van der Waals surface area contributed by atoms with Crippen LogP contribution in [-0.2, 0) is 9.16 Å². The zero-order valence-corrected chi connectivity index (χ0v) is 16.0. The van der Waals surface area contributed by atoms with Crippen LogP contribution in [0.2, 0.25) is 39.3 Å². The lowest BCUT2D eigenvalue weighted by Gasteiger charge is -2.28. The number of rotatable bonds is 9. The van der Waals surface area contributed by atoms with Gasteiger partial charge in [-0.1, -0.05) is 37.6 Å². The molecule has 0 bridgehead atoms. The van der Waals surface area contributed by atoms with E-state index in [-0.39, 0.29) is 0 Å². The molecule has 106 valence electrons. The second-order valence-electron chi connectivity index (χ2n) is 6.95. The summed E-state index contributed by atoms with van der Waals surface area (Å²) in [6, 6.07) is 0. The molecule has 0 radical (unpaired) electrons. The minimum Gasteiger partial charge on any atom is -0.417 e. The van der Waals surface area contributed by atoms with Crippen molar-refractivity contribution in [3.05, 3.63) is 24.6 Å². The molecule has 0 fully saturated rings. The highest BCUT2D eigenvalue weighted by molar-refractivity contribution is 6.82. The van der Waals surface area contributed by atoms with Crippen LogP contribution in [0.15, 0.2) is 24.6 Å². The van der Waals surface area contributed by atoms with Crippen LogP contribution in [0.5, 0.6) is 0 Å². The second kappa shape index (κ2) is 7.00. The maximum Gasteiger partial charge on any atom is 0.209 e. The van der Waals surface area contributed by atoms with E-state index in [1.54, 1.807) is 0 Å². The molecule has 0 amide bonds. The van der Waals surface area contributed by atoms with E-state index in [0.29, 0.717) is 0 Å². The maximum atomic E-state index is 6.05. The molecule has 0 N–H and O–H groups in total. The normalized spacial score (nSPS) is 13.4. The first kappa shape index (κ1) is 18.1. The van der Waals surface area contributed by atoms with Gasteiger partial charge in [-0.3, -0.25) is 0 Å². The predicted molar refractivity (Wildman–Crippen MR) is 89.6 cm³/mol. The summed E-state index contributed by atoms with van der Waals surface area (Å²) in [6.07, 6.45) is 2.61. The van der Waals surface area contributed by atoms with E-state index in [9.17, 15) is 0 Å². The maximum absolute atomic E-state index is 6.05. The molecule has 0 aromatic rings. The third-order valence-corrected chi connectivity index (χ3v) is 8.97. The largest absolute Gasteiger partial charge is 0.417 e. The molecule has 18 heavy (non-hydrogen) atoms. The van der Waals surface area contributed by atoms with Crippen LogP contribution >= 0.6 is 0 Å². The predicted octanol–water partition coefficient (Wildman–Crippen LogP) is 3.71. The standard InChI is InChI=1S/C13H30O2Si3/c1-9-16(3,4)11-14-12-17(5,6)13-15-18(7,8)10-2/h9-10H,1-2,11-13H2,3-8H3. The van der Waals surface area contributed by atoms with Crippen molar-refractivity contribution in [3.8, 4) is 0 Å². The third kappa shape index (κ3) is 8.20. The van der Waals surface area contributed by atoms with Crippen LogP contribution in [0.25, 0.3) is 0 Å². The molecule has 0 aliphatic carbocycles. The van der Waals surface area contributed by atoms with Gasteiger partial charge >= 0.3 is 0 Å². The van der Waals surface area contributed by atoms with Crippen molar-refractivity contribution >= 4 is 24.5 Å². The van der Waals surface area contributed by atoms with Crippen molar-refractivity contribution in [1.82, 2.24) is 0 Å². The van der Waals surface area contributed by atoms with Crippen LogP contribution in [0.1, 0.15) is 0 Å². The van der Waals surface area contributed by atoms with E-state index < -0.39 is 24.5 Å². The summed E-state index contributed by atoms with van der Waals surface area (Å²) < 4.78 is 12.0. The summed E-state index contributed by atoms with van der Waals surface area (Å²) in [5.41, 5.74) is 4.08. The summed E-state index contributed by atoms with van der Waals surface area (Å²) in [6.45, 7) is 21.3. The van der Waals surface area contributed by atoms with E-state index in [4.69, 9.17) is 9.16 Å². The van der Waals surface area contributed by atoms with Crippen molar-refractivity contribution in [2.75, 3.05) is 18.7 Å². The molecule has 0 aliphatic rings. The molecule has 0 aromatic carbocycles. The van der Waals surface area contributed by atoms with Crippen molar-refractivity contribution in [1.29, 1.82) is 0 Å². The SMILES string of the molecule is C=C[Si](C)(C)COC[Si](C)(C)CO[Si](C)(C)C=C. The van der Waals surface area contributed by atoms with Gasteiger partial charge in [-0.15, -0.1) is 13.2 Å². The Morgan fingerprint density at radius 1 is 0.833 bits per heavy atom. The van der Waals surface area contributed by atoms with Crippen molar-refractivity contribution in [2.24, 2.45) is 0 Å². The van der Waals surface area contributed by atoms with Gasteiger partial charge in [0.05, 0.1) is 0 Å². The van der Waals surface area contributed by atoms with Crippen LogP contribution in [0, 0.1) is 0 Å². The van der Waals surface area contributed by atoms with E-state index in [2.05, 4.69) is 58.1 Å². The molecule has 0 unspecified atom stereocenters. The highest BCUT2D eigenvalue weighted by atomic mass is 28.4. The number of hydrogen-bond donors (Lipinski definition) is 0. The molecular weight excluding hydrogens is 272 g/mol. The molecule has 0 atom stereocenters. The van der Waals surface area contributed by atoms with Crippen LogP contribution in [0.4, 0.5) is 0 Å². The average Bonchev–Trinajstić information content (AvgIpc) is 2.26. The Hall–Kier alpha value is 0.0506. The Balaban J connectivity index is 4.09. The fraction of sp³-hybridized carbons (Fsp3) is 0.692. The fourth-order valence-electron chi connectivity index (χ4n) is 1.13. The van der Waals surface area contributed by atoms with Gasteiger partial charge in [0.25, 0.3) is 0 Å². The van der Waals surface area contributed by atoms with Crippen molar-refractivity contribution < 1.29 is 9.16 Å². The molecule has 0 heterocycles. The first-order valence-corrected chi connectivity index (χ1v) is 16.2. The van der Waals surface area contributed by atoms with Gasteiger partial charge in [0, 0.05) is 18.7 Å².